The van der Waals surface area contributed by atoms with E-state index < -0.39 is 0 Å². The predicted molar refractivity (Wildman–Crippen MR) is 92.6 cm³/mol. The van der Waals surface area contributed by atoms with Crippen molar-refractivity contribution >= 4 is 23.5 Å². The van der Waals surface area contributed by atoms with Crippen LogP contribution in [0.5, 0.6) is 0 Å². The van der Waals surface area contributed by atoms with Gasteiger partial charge in [0.15, 0.2) is 0 Å². The molecule has 3 rings (SSSR count). The van der Waals surface area contributed by atoms with E-state index in [-0.39, 0.29) is 0 Å². The Labute approximate surface area is 140 Å². The van der Waals surface area contributed by atoms with Crippen LogP contribution in [0.1, 0.15) is 49.8 Å². The first-order valence-corrected chi connectivity index (χ1v) is 8.88. The van der Waals surface area contributed by atoms with E-state index in [1.165, 1.54) is 10.5 Å². The Morgan fingerprint density at radius 3 is 2.57 bits per heavy atom. The second-order valence-electron chi connectivity index (χ2n) is 5.89. The Balaban J connectivity index is 1.84. The van der Waals surface area contributed by atoms with Crippen molar-refractivity contribution < 1.29 is 4.79 Å². The molecule has 0 spiro atoms. The van der Waals surface area contributed by atoms with Gasteiger partial charge in [-0.25, -0.2) is 9.97 Å². The summed E-state index contributed by atoms with van der Waals surface area (Å²) in [6, 6.07) is 8.57. The summed E-state index contributed by atoms with van der Waals surface area (Å²) in [6.45, 7) is 2.15. The summed E-state index contributed by atoms with van der Waals surface area (Å²) in [6.07, 6.45) is 5.85. The van der Waals surface area contributed by atoms with Gasteiger partial charge < -0.3 is 5.73 Å². The molecule has 1 aliphatic rings. The van der Waals surface area contributed by atoms with Gasteiger partial charge in [-0.15, -0.1) is 0 Å². The van der Waals surface area contributed by atoms with Crippen LogP contribution in [0.4, 0.5) is 5.95 Å². The number of hydrogen-bond acceptors (Lipinski definition) is 5. The average molecular weight is 327 g/mol. The van der Waals surface area contributed by atoms with Crippen molar-refractivity contribution in [3.05, 3.63) is 41.7 Å². The third-order valence-electron chi connectivity index (χ3n) is 4.29. The molecule has 0 radical (unpaired) electrons. The molecule has 0 unspecified atom stereocenters. The van der Waals surface area contributed by atoms with Crippen molar-refractivity contribution in [1.29, 1.82) is 0 Å². The maximum atomic E-state index is 11.5. The molecule has 0 aliphatic heterocycles. The molecule has 2 aromatic rings. The maximum absolute atomic E-state index is 11.5. The SMILES string of the molecule is CCc1ccc(Sc2cnc(N)nc2C2CCC(=O)CC2)cc1. The van der Waals surface area contributed by atoms with Crippen LogP contribution >= 0.6 is 11.8 Å². The fraction of sp³-hybridized carbons (Fsp3) is 0.389. The molecular weight excluding hydrogens is 306 g/mol. The van der Waals surface area contributed by atoms with E-state index in [0.717, 1.165) is 29.9 Å². The zero-order valence-corrected chi connectivity index (χ0v) is 14.1. The lowest BCUT2D eigenvalue weighted by Gasteiger charge is -2.22. The summed E-state index contributed by atoms with van der Waals surface area (Å²) in [7, 11) is 0. The zero-order valence-electron chi connectivity index (χ0n) is 13.3. The Morgan fingerprint density at radius 1 is 1.22 bits per heavy atom. The highest BCUT2D eigenvalue weighted by molar-refractivity contribution is 7.99. The summed E-state index contributed by atoms with van der Waals surface area (Å²) in [5.74, 6) is 0.964. The largest absolute Gasteiger partial charge is 0.368 e. The molecule has 2 N–H and O–H groups in total. The van der Waals surface area contributed by atoms with Crippen molar-refractivity contribution in [3.8, 4) is 0 Å². The lowest BCUT2D eigenvalue weighted by atomic mass is 9.86. The van der Waals surface area contributed by atoms with Gasteiger partial charge in [-0.3, -0.25) is 4.79 Å². The second kappa shape index (κ2) is 7.13. The first-order valence-electron chi connectivity index (χ1n) is 8.06. The molecule has 1 aromatic heterocycles. The number of ketones is 1. The normalized spacial score (nSPS) is 15.8. The van der Waals surface area contributed by atoms with Crippen LogP contribution in [0.2, 0.25) is 0 Å². The van der Waals surface area contributed by atoms with Gasteiger partial charge in [0.2, 0.25) is 5.95 Å². The summed E-state index contributed by atoms with van der Waals surface area (Å²) < 4.78 is 0. The first kappa shape index (κ1) is 16.0. The predicted octanol–water partition coefficient (Wildman–Crippen LogP) is 4.00. The van der Waals surface area contributed by atoms with Crippen molar-refractivity contribution in [2.45, 2.75) is 54.7 Å². The molecular formula is C18H21N3OS. The van der Waals surface area contributed by atoms with Crippen LogP contribution in [0, 0.1) is 0 Å². The number of nitrogens with two attached hydrogens (primary N) is 1. The van der Waals surface area contributed by atoms with Gasteiger partial charge in [0.1, 0.15) is 5.78 Å². The summed E-state index contributed by atoms with van der Waals surface area (Å²) >= 11 is 1.67. The Bertz CT molecular complexity index is 690. The smallest absolute Gasteiger partial charge is 0.220 e. The molecule has 1 heterocycles. The highest BCUT2D eigenvalue weighted by Gasteiger charge is 2.24. The van der Waals surface area contributed by atoms with E-state index in [9.17, 15) is 4.79 Å². The molecule has 23 heavy (non-hydrogen) atoms. The third kappa shape index (κ3) is 3.91. The van der Waals surface area contributed by atoms with Crippen LogP contribution in [-0.2, 0) is 11.2 Å². The quantitative estimate of drug-likeness (QED) is 0.919. The average Bonchev–Trinajstić information content (AvgIpc) is 2.58. The fourth-order valence-electron chi connectivity index (χ4n) is 2.90. The van der Waals surface area contributed by atoms with E-state index in [4.69, 9.17) is 5.73 Å². The van der Waals surface area contributed by atoms with Crippen molar-refractivity contribution in [2.75, 3.05) is 5.73 Å². The fourth-order valence-corrected chi connectivity index (χ4v) is 3.85. The highest BCUT2D eigenvalue weighted by Crippen LogP contribution is 2.38. The number of anilines is 1. The van der Waals surface area contributed by atoms with Gasteiger partial charge in [0.05, 0.1) is 10.6 Å². The molecule has 0 saturated heterocycles. The second-order valence-corrected chi connectivity index (χ2v) is 7.01. The van der Waals surface area contributed by atoms with Gasteiger partial charge in [-0.2, -0.15) is 0 Å². The number of carbonyl (C=O) groups is 1. The maximum Gasteiger partial charge on any atom is 0.220 e. The number of hydrogen-bond donors (Lipinski definition) is 1. The Morgan fingerprint density at radius 2 is 1.91 bits per heavy atom. The molecule has 120 valence electrons. The molecule has 5 heteroatoms. The van der Waals surface area contributed by atoms with Gasteiger partial charge in [-0.05, 0) is 37.0 Å². The molecule has 1 saturated carbocycles. The number of aromatic nitrogens is 2. The first-order chi connectivity index (χ1) is 11.2. The molecule has 1 aliphatic carbocycles. The van der Waals surface area contributed by atoms with Gasteiger partial charge in [0.25, 0.3) is 0 Å². The molecule has 0 atom stereocenters. The van der Waals surface area contributed by atoms with Gasteiger partial charge in [-0.1, -0.05) is 30.8 Å². The minimum Gasteiger partial charge on any atom is -0.368 e. The van der Waals surface area contributed by atoms with Crippen molar-refractivity contribution in [2.24, 2.45) is 0 Å². The number of benzene rings is 1. The van der Waals surface area contributed by atoms with E-state index in [2.05, 4.69) is 41.2 Å². The monoisotopic (exact) mass is 327 g/mol. The summed E-state index contributed by atoms with van der Waals surface area (Å²) in [5.41, 5.74) is 8.12. The molecule has 1 fully saturated rings. The number of nitrogens with zero attached hydrogens (tertiary/aromatic N) is 2. The minimum atomic E-state index is 0.301. The van der Waals surface area contributed by atoms with Crippen LogP contribution in [0.15, 0.2) is 40.3 Å². The molecule has 0 bridgehead atoms. The number of Topliss-reactive ketones (excluding diaryl/α,β-unsaturated/α-hetero) is 1. The Hall–Kier alpha value is -1.88. The third-order valence-corrected chi connectivity index (χ3v) is 5.33. The lowest BCUT2D eigenvalue weighted by Crippen LogP contribution is -2.15. The summed E-state index contributed by atoms with van der Waals surface area (Å²) in [4.78, 5) is 22.3. The van der Waals surface area contributed by atoms with Gasteiger partial charge in [0, 0.05) is 29.9 Å². The highest BCUT2D eigenvalue weighted by atomic mass is 32.2. The van der Waals surface area contributed by atoms with Gasteiger partial charge >= 0.3 is 0 Å². The number of rotatable bonds is 4. The standard InChI is InChI=1S/C18H21N3OS/c1-2-12-3-9-15(10-4-12)23-16-11-20-18(19)21-17(16)13-5-7-14(22)8-6-13/h3-4,9-11,13H,2,5-8H2,1H3,(H2,19,20,21). The number of nitrogen functional groups attached to an aromatic ring is 1. The van der Waals surface area contributed by atoms with Crippen LogP contribution in [0.25, 0.3) is 0 Å². The summed E-state index contributed by atoms with van der Waals surface area (Å²) in [5, 5.41) is 0. The van der Waals surface area contributed by atoms with E-state index in [1.807, 2.05) is 6.20 Å². The topological polar surface area (TPSA) is 68.9 Å². The van der Waals surface area contributed by atoms with Crippen molar-refractivity contribution in [1.82, 2.24) is 9.97 Å². The lowest BCUT2D eigenvalue weighted by molar-refractivity contribution is -0.120. The zero-order chi connectivity index (χ0) is 16.2. The molecule has 4 nitrogen and oxygen atoms in total. The minimum absolute atomic E-state index is 0.301. The number of aryl methyl sites for hydroxylation is 1. The van der Waals surface area contributed by atoms with Crippen LogP contribution < -0.4 is 5.73 Å². The van der Waals surface area contributed by atoms with E-state index in [0.29, 0.717) is 30.5 Å². The Kier molecular flexibility index (Phi) is 4.96. The van der Waals surface area contributed by atoms with Crippen LogP contribution in [0.3, 0.4) is 0 Å². The van der Waals surface area contributed by atoms with E-state index in [1.54, 1.807) is 11.8 Å². The van der Waals surface area contributed by atoms with Crippen molar-refractivity contribution in [3.63, 3.8) is 0 Å². The molecule has 1 aromatic carbocycles. The van der Waals surface area contributed by atoms with Crippen LogP contribution in [-0.4, -0.2) is 15.8 Å². The molecule has 0 amide bonds. The van der Waals surface area contributed by atoms with E-state index >= 15 is 0 Å². The number of carbonyl (C=O) groups excluding carboxylic acids is 1.